The lowest BCUT2D eigenvalue weighted by Gasteiger charge is -2.28. The molecule has 0 spiro atoms. The summed E-state index contributed by atoms with van der Waals surface area (Å²) in [5.74, 6) is 0.765. The van der Waals surface area contributed by atoms with Gasteiger partial charge >= 0.3 is 0 Å². The summed E-state index contributed by atoms with van der Waals surface area (Å²) in [6.45, 7) is 4.27. The van der Waals surface area contributed by atoms with E-state index in [0.717, 1.165) is 5.56 Å². The molecule has 1 atom stereocenters. The van der Waals surface area contributed by atoms with Crippen LogP contribution in [-0.2, 0) is 0 Å². The second kappa shape index (κ2) is 7.47. The van der Waals surface area contributed by atoms with Crippen LogP contribution in [-0.4, -0.2) is 30.4 Å². The van der Waals surface area contributed by atoms with Crippen LogP contribution in [0.5, 0.6) is 0 Å². The third-order valence-electron chi connectivity index (χ3n) is 5.37. The van der Waals surface area contributed by atoms with E-state index in [0.29, 0.717) is 44.4 Å². The topological polar surface area (TPSA) is 101 Å². The van der Waals surface area contributed by atoms with Crippen molar-refractivity contribution < 1.29 is 0 Å². The summed E-state index contributed by atoms with van der Waals surface area (Å²) in [4.78, 5) is 12.7. The lowest BCUT2D eigenvalue weighted by Crippen LogP contribution is -2.29. The number of aromatic nitrogens is 6. The molecule has 0 saturated heterocycles. The first-order chi connectivity index (χ1) is 14.9. The van der Waals surface area contributed by atoms with Gasteiger partial charge in [-0.3, -0.25) is 4.79 Å². The van der Waals surface area contributed by atoms with Gasteiger partial charge in [0.1, 0.15) is 17.4 Å². The van der Waals surface area contributed by atoms with E-state index < -0.39 is 6.04 Å². The third kappa shape index (κ3) is 3.28. The van der Waals surface area contributed by atoms with Crippen molar-refractivity contribution in [1.29, 1.82) is 0 Å². The number of nitrogens with one attached hydrogen (secondary N) is 2. The van der Waals surface area contributed by atoms with Crippen LogP contribution in [0.2, 0.25) is 10.0 Å². The van der Waals surface area contributed by atoms with E-state index in [1.165, 1.54) is 5.56 Å². The smallest absolute Gasteiger partial charge is 0.288 e. The van der Waals surface area contributed by atoms with Crippen LogP contribution in [0.15, 0.2) is 47.3 Å². The van der Waals surface area contributed by atoms with Crippen molar-refractivity contribution in [2.75, 3.05) is 5.32 Å². The average molecular weight is 454 g/mol. The van der Waals surface area contributed by atoms with E-state index in [-0.39, 0.29) is 5.56 Å². The van der Waals surface area contributed by atoms with E-state index in [9.17, 15) is 4.79 Å². The molecule has 1 aliphatic heterocycles. The molecule has 10 heteroatoms. The number of H-pyrrole nitrogens is 1. The van der Waals surface area contributed by atoms with Crippen LogP contribution >= 0.6 is 23.2 Å². The summed E-state index contributed by atoms with van der Waals surface area (Å²) in [6.07, 6.45) is 0. The molecule has 2 N–H and O–H groups in total. The SMILES string of the molecule is CC(C)c1ccc([C@H]2c3c(-c4ccc(Cl)cc4Cl)n[nH]c(=O)c3Nc3nnnn32)cc1. The van der Waals surface area contributed by atoms with Crippen molar-refractivity contribution >= 4 is 34.8 Å². The van der Waals surface area contributed by atoms with Gasteiger partial charge in [0.2, 0.25) is 5.95 Å². The van der Waals surface area contributed by atoms with Gasteiger partial charge < -0.3 is 5.32 Å². The molecule has 0 unspecified atom stereocenters. The van der Waals surface area contributed by atoms with Crippen LogP contribution in [0, 0.1) is 0 Å². The van der Waals surface area contributed by atoms with Crippen LogP contribution < -0.4 is 10.9 Å². The molecule has 0 radical (unpaired) electrons. The second-order valence-electron chi connectivity index (χ2n) is 7.61. The molecule has 8 nitrogen and oxygen atoms in total. The average Bonchev–Trinajstić information content (AvgIpc) is 3.22. The molecule has 3 heterocycles. The number of anilines is 2. The first-order valence-electron chi connectivity index (χ1n) is 9.66. The van der Waals surface area contributed by atoms with E-state index in [1.807, 2.05) is 12.1 Å². The monoisotopic (exact) mass is 453 g/mol. The maximum atomic E-state index is 12.7. The molecular formula is C21H17Cl2N7O. The van der Waals surface area contributed by atoms with Crippen LogP contribution in [0.1, 0.15) is 42.5 Å². The molecule has 0 bridgehead atoms. The number of rotatable bonds is 3. The van der Waals surface area contributed by atoms with Crippen LogP contribution in [0.25, 0.3) is 11.3 Å². The molecule has 0 fully saturated rings. The Hall–Kier alpha value is -3.23. The summed E-state index contributed by atoms with van der Waals surface area (Å²) in [7, 11) is 0. The molecule has 2 aromatic carbocycles. The Morgan fingerprint density at radius 3 is 2.58 bits per heavy atom. The van der Waals surface area contributed by atoms with E-state index in [4.69, 9.17) is 23.2 Å². The Morgan fingerprint density at radius 1 is 1.10 bits per heavy atom. The number of benzene rings is 2. The minimum absolute atomic E-state index is 0.330. The van der Waals surface area contributed by atoms with Crippen molar-refractivity contribution in [2.45, 2.75) is 25.8 Å². The number of aromatic amines is 1. The number of tetrazole rings is 1. The predicted octanol–water partition coefficient (Wildman–Crippen LogP) is 4.55. The highest BCUT2D eigenvalue weighted by Gasteiger charge is 2.34. The zero-order valence-electron chi connectivity index (χ0n) is 16.6. The minimum Gasteiger partial charge on any atom is -0.318 e. The normalized spacial score (nSPS) is 14.8. The lowest BCUT2D eigenvalue weighted by molar-refractivity contribution is 0.567. The second-order valence-corrected chi connectivity index (χ2v) is 8.45. The number of hydrogen-bond acceptors (Lipinski definition) is 6. The van der Waals surface area contributed by atoms with Gasteiger partial charge in [-0.1, -0.05) is 66.4 Å². The standard InChI is InChI=1S/C21H17Cl2N7O/c1-10(2)11-3-5-12(6-4-11)19-16-17(14-8-7-13(22)9-15(14)23)25-26-20(31)18(16)24-21-27-28-29-30(19)21/h3-10,19H,1-2H3,(H,26,31)(H,24,27,29)/t19-/m0/s1. The summed E-state index contributed by atoms with van der Waals surface area (Å²) in [5.41, 5.74) is 3.87. The molecule has 0 aliphatic carbocycles. The van der Waals surface area contributed by atoms with Gasteiger partial charge in [-0.05, 0) is 45.7 Å². The highest BCUT2D eigenvalue weighted by Crippen LogP contribution is 2.42. The van der Waals surface area contributed by atoms with Gasteiger partial charge in [0.25, 0.3) is 5.56 Å². The fourth-order valence-electron chi connectivity index (χ4n) is 3.80. The predicted molar refractivity (Wildman–Crippen MR) is 119 cm³/mol. The van der Waals surface area contributed by atoms with Crippen molar-refractivity contribution in [2.24, 2.45) is 0 Å². The van der Waals surface area contributed by atoms with Crippen molar-refractivity contribution in [1.82, 2.24) is 30.4 Å². The van der Waals surface area contributed by atoms with Gasteiger partial charge in [-0.15, -0.1) is 0 Å². The molecule has 4 aromatic rings. The Balaban J connectivity index is 1.78. The molecule has 2 aromatic heterocycles. The molecule has 31 heavy (non-hydrogen) atoms. The number of nitrogens with zero attached hydrogens (tertiary/aromatic N) is 5. The largest absolute Gasteiger partial charge is 0.318 e. The molecule has 1 aliphatic rings. The molecule has 0 amide bonds. The zero-order chi connectivity index (χ0) is 21.7. The van der Waals surface area contributed by atoms with E-state index in [1.54, 1.807) is 22.9 Å². The number of halogens is 2. The zero-order valence-corrected chi connectivity index (χ0v) is 18.1. The van der Waals surface area contributed by atoms with Gasteiger partial charge in [-0.2, -0.15) is 9.78 Å². The van der Waals surface area contributed by atoms with E-state index >= 15 is 0 Å². The Kier molecular flexibility index (Phi) is 4.75. The molecule has 156 valence electrons. The first kappa shape index (κ1) is 19.7. The van der Waals surface area contributed by atoms with Crippen molar-refractivity contribution in [3.63, 3.8) is 0 Å². The summed E-state index contributed by atoms with van der Waals surface area (Å²) in [6, 6.07) is 12.9. The molecular weight excluding hydrogens is 437 g/mol. The molecule has 0 saturated carbocycles. The quantitative estimate of drug-likeness (QED) is 0.415. The van der Waals surface area contributed by atoms with Crippen LogP contribution in [0.4, 0.5) is 11.6 Å². The maximum Gasteiger partial charge on any atom is 0.288 e. The number of fused-ring (bicyclic) bond motifs is 2. The van der Waals surface area contributed by atoms with Crippen molar-refractivity contribution in [3.05, 3.63) is 79.6 Å². The number of hydrogen-bond donors (Lipinski definition) is 2. The highest BCUT2D eigenvalue weighted by molar-refractivity contribution is 6.36. The van der Waals surface area contributed by atoms with Gasteiger partial charge in [0, 0.05) is 16.1 Å². The first-order valence-corrected chi connectivity index (χ1v) is 10.4. The third-order valence-corrected chi connectivity index (χ3v) is 5.92. The summed E-state index contributed by atoms with van der Waals surface area (Å²) < 4.78 is 1.64. The van der Waals surface area contributed by atoms with Crippen molar-refractivity contribution in [3.8, 4) is 11.3 Å². The highest BCUT2D eigenvalue weighted by atomic mass is 35.5. The van der Waals surface area contributed by atoms with Gasteiger partial charge in [0.15, 0.2) is 0 Å². The lowest BCUT2D eigenvalue weighted by atomic mass is 9.91. The molecule has 5 rings (SSSR count). The minimum atomic E-state index is -0.473. The Labute approximate surface area is 187 Å². The Bertz CT molecular complexity index is 1340. The summed E-state index contributed by atoms with van der Waals surface area (Å²) in [5, 5.41) is 22.8. The van der Waals surface area contributed by atoms with Crippen LogP contribution in [0.3, 0.4) is 0 Å². The Morgan fingerprint density at radius 2 is 1.87 bits per heavy atom. The maximum absolute atomic E-state index is 12.7. The summed E-state index contributed by atoms with van der Waals surface area (Å²) >= 11 is 12.6. The van der Waals surface area contributed by atoms with Gasteiger partial charge in [0.05, 0.1) is 5.02 Å². The van der Waals surface area contributed by atoms with E-state index in [2.05, 4.69) is 57.0 Å². The fourth-order valence-corrected chi connectivity index (χ4v) is 4.29. The van der Waals surface area contributed by atoms with Gasteiger partial charge in [-0.25, -0.2) is 5.10 Å². The fraction of sp³-hybridized carbons (Fsp3) is 0.190.